The molecule has 0 N–H and O–H groups in total. The van der Waals surface area contributed by atoms with Gasteiger partial charge in [-0.05, 0) is 38.3 Å². The summed E-state index contributed by atoms with van der Waals surface area (Å²) < 4.78 is 10.7. The molecule has 0 spiro atoms. The van der Waals surface area contributed by atoms with Gasteiger partial charge in [0.25, 0.3) is 0 Å². The molecule has 0 amide bonds. The fourth-order valence-electron chi connectivity index (χ4n) is 2.63. The smallest absolute Gasteiger partial charge is 0.339 e. The molecule has 4 heteroatoms. The molecule has 0 aliphatic rings. The summed E-state index contributed by atoms with van der Waals surface area (Å²) in [5, 5.41) is 0. The molecule has 1 atom stereocenters. The standard InChI is InChI=1S/C21H32O4/c1-4-6-7-8-9-10-13-17(3)25-21(23)19-15-12-11-14-18(19)20(22)24-16-5-2/h11-12,14-15,17H,4-10,13,16H2,1-3H3. The highest BCUT2D eigenvalue weighted by molar-refractivity contribution is 6.03. The molecule has 0 fully saturated rings. The van der Waals surface area contributed by atoms with Crippen LogP contribution in [0.3, 0.4) is 0 Å². The molecule has 0 aliphatic carbocycles. The molecule has 1 aromatic rings. The van der Waals surface area contributed by atoms with E-state index in [-0.39, 0.29) is 17.2 Å². The van der Waals surface area contributed by atoms with Crippen LogP contribution in [0.2, 0.25) is 0 Å². The zero-order valence-electron chi connectivity index (χ0n) is 15.9. The molecule has 0 radical (unpaired) electrons. The highest BCUT2D eigenvalue weighted by atomic mass is 16.5. The van der Waals surface area contributed by atoms with Gasteiger partial charge in [0.15, 0.2) is 0 Å². The first-order valence-corrected chi connectivity index (χ1v) is 9.57. The molecule has 1 rings (SSSR count). The van der Waals surface area contributed by atoms with E-state index in [4.69, 9.17) is 9.47 Å². The van der Waals surface area contributed by atoms with E-state index < -0.39 is 11.9 Å². The Morgan fingerprint density at radius 1 is 0.880 bits per heavy atom. The summed E-state index contributed by atoms with van der Waals surface area (Å²) in [6.07, 6.45) is 8.70. The van der Waals surface area contributed by atoms with Crippen LogP contribution in [0.1, 0.15) is 92.9 Å². The second kappa shape index (κ2) is 12.5. The third-order valence-electron chi connectivity index (χ3n) is 4.08. The summed E-state index contributed by atoms with van der Waals surface area (Å²) in [5.74, 6) is -0.930. The first-order chi connectivity index (χ1) is 12.1. The summed E-state index contributed by atoms with van der Waals surface area (Å²) in [5.41, 5.74) is 0.547. The minimum Gasteiger partial charge on any atom is -0.462 e. The minimum atomic E-state index is -0.474. The van der Waals surface area contributed by atoms with Gasteiger partial charge in [-0.3, -0.25) is 0 Å². The third kappa shape index (κ3) is 8.19. The average Bonchev–Trinajstić information content (AvgIpc) is 2.62. The molecule has 1 unspecified atom stereocenters. The van der Waals surface area contributed by atoms with E-state index in [0.29, 0.717) is 6.61 Å². The fourth-order valence-corrected chi connectivity index (χ4v) is 2.63. The zero-order chi connectivity index (χ0) is 18.5. The van der Waals surface area contributed by atoms with Crippen molar-refractivity contribution in [3.63, 3.8) is 0 Å². The van der Waals surface area contributed by atoms with Crippen LogP contribution in [0, 0.1) is 0 Å². The van der Waals surface area contributed by atoms with Crippen LogP contribution in [0.4, 0.5) is 0 Å². The van der Waals surface area contributed by atoms with Crippen LogP contribution in [0.5, 0.6) is 0 Å². The molecule has 0 aromatic heterocycles. The van der Waals surface area contributed by atoms with E-state index in [9.17, 15) is 9.59 Å². The van der Waals surface area contributed by atoms with Crippen molar-refractivity contribution in [1.82, 2.24) is 0 Å². The van der Waals surface area contributed by atoms with Gasteiger partial charge in [-0.15, -0.1) is 0 Å². The number of ether oxygens (including phenoxy) is 2. The molecular weight excluding hydrogens is 316 g/mol. The predicted molar refractivity (Wildman–Crippen MR) is 99.9 cm³/mol. The second-order valence-corrected chi connectivity index (χ2v) is 6.45. The number of benzene rings is 1. The van der Waals surface area contributed by atoms with Gasteiger partial charge in [0.2, 0.25) is 0 Å². The van der Waals surface area contributed by atoms with E-state index in [2.05, 4.69) is 6.92 Å². The normalized spacial score (nSPS) is 11.8. The van der Waals surface area contributed by atoms with Crippen LogP contribution in [-0.2, 0) is 9.47 Å². The highest BCUT2D eigenvalue weighted by Crippen LogP contribution is 2.15. The number of esters is 2. The molecular formula is C21H32O4. The van der Waals surface area contributed by atoms with Crippen molar-refractivity contribution in [2.75, 3.05) is 6.61 Å². The lowest BCUT2D eigenvalue weighted by atomic mass is 10.1. The number of unbranched alkanes of at least 4 members (excludes halogenated alkanes) is 5. The fraction of sp³-hybridized carbons (Fsp3) is 0.619. The zero-order valence-corrected chi connectivity index (χ0v) is 15.9. The van der Waals surface area contributed by atoms with Crippen molar-refractivity contribution in [2.45, 2.75) is 78.2 Å². The van der Waals surface area contributed by atoms with Gasteiger partial charge < -0.3 is 9.47 Å². The van der Waals surface area contributed by atoms with Crippen LogP contribution < -0.4 is 0 Å². The summed E-state index contributed by atoms with van der Waals surface area (Å²) in [7, 11) is 0. The highest BCUT2D eigenvalue weighted by Gasteiger charge is 2.20. The summed E-state index contributed by atoms with van der Waals surface area (Å²) >= 11 is 0. The molecule has 4 nitrogen and oxygen atoms in total. The van der Waals surface area contributed by atoms with Crippen molar-refractivity contribution in [2.24, 2.45) is 0 Å². The van der Waals surface area contributed by atoms with Crippen molar-refractivity contribution in [3.05, 3.63) is 35.4 Å². The quantitative estimate of drug-likeness (QED) is 0.367. The molecule has 0 saturated carbocycles. The van der Waals surface area contributed by atoms with Crippen molar-refractivity contribution >= 4 is 11.9 Å². The Morgan fingerprint density at radius 3 is 2.12 bits per heavy atom. The molecule has 1 aromatic carbocycles. The number of carbonyl (C=O) groups is 2. The van der Waals surface area contributed by atoms with Crippen molar-refractivity contribution in [3.8, 4) is 0 Å². The number of hydrogen-bond donors (Lipinski definition) is 0. The van der Waals surface area contributed by atoms with Crippen LogP contribution in [0.15, 0.2) is 24.3 Å². The average molecular weight is 348 g/mol. The lowest BCUT2D eigenvalue weighted by Gasteiger charge is -2.14. The lowest BCUT2D eigenvalue weighted by Crippen LogP contribution is -2.18. The van der Waals surface area contributed by atoms with Crippen LogP contribution >= 0.6 is 0 Å². The molecule has 25 heavy (non-hydrogen) atoms. The second-order valence-electron chi connectivity index (χ2n) is 6.45. The van der Waals surface area contributed by atoms with Gasteiger partial charge in [-0.2, -0.15) is 0 Å². The lowest BCUT2D eigenvalue weighted by molar-refractivity contribution is 0.0307. The maximum Gasteiger partial charge on any atom is 0.339 e. The van der Waals surface area contributed by atoms with Crippen molar-refractivity contribution < 1.29 is 19.1 Å². The van der Waals surface area contributed by atoms with E-state index in [1.54, 1.807) is 24.3 Å². The Labute approximate surface area is 151 Å². The van der Waals surface area contributed by atoms with Crippen LogP contribution in [-0.4, -0.2) is 24.6 Å². The van der Waals surface area contributed by atoms with E-state index in [1.165, 1.54) is 32.1 Å². The van der Waals surface area contributed by atoms with E-state index in [1.807, 2.05) is 13.8 Å². The Kier molecular flexibility index (Phi) is 10.6. The Morgan fingerprint density at radius 2 is 1.48 bits per heavy atom. The Hall–Kier alpha value is -1.84. The van der Waals surface area contributed by atoms with Crippen molar-refractivity contribution in [1.29, 1.82) is 0 Å². The monoisotopic (exact) mass is 348 g/mol. The van der Waals surface area contributed by atoms with Gasteiger partial charge >= 0.3 is 11.9 Å². The van der Waals surface area contributed by atoms with Gasteiger partial charge in [0.1, 0.15) is 0 Å². The van der Waals surface area contributed by atoms with E-state index in [0.717, 1.165) is 19.3 Å². The SMILES string of the molecule is CCCCCCCCC(C)OC(=O)c1ccccc1C(=O)OCCC. The Bertz CT molecular complexity index is 524. The van der Waals surface area contributed by atoms with Gasteiger partial charge in [-0.25, -0.2) is 9.59 Å². The summed E-state index contributed by atoms with van der Waals surface area (Å²) in [6.45, 7) is 6.38. The number of hydrogen-bond acceptors (Lipinski definition) is 4. The summed E-state index contributed by atoms with van der Waals surface area (Å²) in [6, 6.07) is 6.67. The number of rotatable bonds is 12. The van der Waals surface area contributed by atoms with Gasteiger partial charge in [0, 0.05) is 0 Å². The largest absolute Gasteiger partial charge is 0.462 e. The minimum absolute atomic E-state index is 0.154. The summed E-state index contributed by atoms with van der Waals surface area (Å²) in [4.78, 5) is 24.5. The molecule has 0 saturated heterocycles. The number of carbonyl (C=O) groups excluding carboxylic acids is 2. The third-order valence-corrected chi connectivity index (χ3v) is 4.08. The van der Waals surface area contributed by atoms with Crippen LogP contribution in [0.25, 0.3) is 0 Å². The first-order valence-electron chi connectivity index (χ1n) is 9.57. The maximum absolute atomic E-state index is 12.4. The first kappa shape index (κ1) is 21.2. The maximum atomic E-state index is 12.4. The topological polar surface area (TPSA) is 52.6 Å². The van der Waals surface area contributed by atoms with Gasteiger partial charge in [-0.1, -0.05) is 58.1 Å². The molecule has 0 heterocycles. The van der Waals surface area contributed by atoms with E-state index >= 15 is 0 Å². The van der Waals surface area contributed by atoms with Gasteiger partial charge in [0.05, 0.1) is 23.8 Å². The predicted octanol–water partition coefficient (Wildman–Crippen LogP) is 5.55. The molecule has 0 bridgehead atoms. The Balaban J connectivity index is 2.49. The molecule has 0 aliphatic heterocycles. The molecule has 140 valence electrons.